The summed E-state index contributed by atoms with van der Waals surface area (Å²) < 4.78 is 2.79. The Morgan fingerprint density at radius 3 is 2.42 bits per heavy atom. The molecule has 4 nitrogen and oxygen atoms in total. The predicted molar refractivity (Wildman–Crippen MR) is 46.3 cm³/mol. The number of halogens is 3. The zero-order chi connectivity index (χ0) is 9.78. The summed E-state index contributed by atoms with van der Waals surface area (Å²) in [4.78, 5) is 10.7. The molecule has 0 radical (unpaired) electrons. The van der Waals surface area contributed by atoms with Crippen LogP contribution >= 0.6 is 34.8 Å². The molecular formula is C5H8Cl3NO3. The summed E-state index contributed by atoms with van der Waals surface area (Å²) in [6.07, 6.45) is 0. The van der Waals surface area contributed by atoms with E-state index in [9.17, 15) is 4.79 Å². The molecule has 0 aliphatic carbocycles. The van der Waals surface area contributed by atoms with Crippen molar-refractivity contribution in [1.29, 1.82) is 0 Å². The molecule has 0 saturated heterocycles. The molecule has 0 amide bonds. The maximum Gasteiger partial charge on any atom is 0.325 e. The van der Waals surface area contributed by atoms with Gasteiger partial charge in [0.25, 0.3) is 0 Å². The molecule has 0 aliphatic heterocycles. The molecule has 0 aromatic rings. The number of alkyl halides is 3. The van der Waals surface area contributed by atoms with E-state index in [1.54, 1.807) is 0 Å². The van der Waals surface area contributed by atoms with Crippen LogP contribution in [0.2, 0.25) is 0 Å². The van der Waals surface area contributed by atoms with Gasteiger partial charge in [0.1, 0.15) is 12.6 Å². The van der Waals surface area contributed by atoms with E-state index in [-0.39, 0.29) is 6.61 Å². The molecule has 0 unspecified atom stereocenters. The number of aliphatic hydroxyl groups is 1. The summed E-state index contributed by atoms with van der Waals surface area (Å²) in [5.74, 6) is -0.802. The zero-order valence-corrected chi connectivity index (χ0v) is 8.23. The van der Waals surface area contributed by atoms with Crippen LogP contribution in [0.1, 0.15) is 0 Å². The van der Waals surface area contributed by atoms with Crippen molar-refractivity contribution in [2.75, 3.05) is 13.2 Å². The number of carbonyl (C=O) groups is 1. The molecule has 0 aromatic carbocycles. The van der Waals surface area contributed by atoms with Gasteiger partial charge in [-0.3, -0.25) is 4.79 Å². The van der Waals surface area contributed by atoms with Crippen LogP contribution in [0.25, 0.3) is 0 Å². The number of aliphatic hydroxyl groups excluding tert-OH is 1. The molecule has 7 heteroatoms. The van der Waals surface area contributed by atoms with Crippen LogP contribution < -0.4 is 5.73 Å². The minimum Gasteiger partial charge on any atom is -0.460 e. The Balaban J connectivity index is 3.72. The fourth-order valence-corrected chi connectivity index (χ4v) is 0.498. The minimum atomic E-state index is -1.65. The number of hydrogen-bond acceptors (Lipinski definition) is 4. The molecule has 0 rings (SSSR count). The SMILES string of the molecule is N[C@@H](CO)C(=O)OCC(Cl)(Cl)Cl. The summed E-state index contributed by atoms with van der Waals surface area (Å²) in [6.45, 7) is -0.886. The molecule has 0 spiro atoms. The summed E-state index contributed by atoms with van der Waals surface area (Å²) in [5.41, 5.74) is 5.09. The van der Waals surface area contributed by atoms with Crippen molar-refractivity contribution in [1.82, 2.24) is 0 Å². The number of rotatable bonds is 3. The Kier molecular flexibility index (Phi) is 5.20. The molecule has 0 aromatic heterocycles. The van der Waals surface area contributed by atoms with Gasteiger partial charge in [0.2, 0.25) is 3.79 Å². The standard InChI is InChI=1S/C5H8Cl3NO3/c6-5(7,8)2-12-4(11)3(9)1-10/h3,10H,1-2,9H2/t3-/m0/s1. The summed E-state index contributed by atoms with van der Waals surface area (Å²) in [6, 6.07) is -1.09. The van der Waals surface area contributed by atoms with Crippen LogP contribution in [0.15, 0.2) is 0 Å². The first-order chi connectivity index (χ1) is 5.37. The first-order valence-electron chi connectivity index (χ1n) is 2.96. The fraction of sp³-hybridized carbons (Fsp3) is 0.800. The average Bonchev–Trinajstić information content (AvgIpc) is 1.97. The Morgan fingerprint density at radius 1 is 1.58 bits per heavy atom. The second-order valence-corrected chi connectivity index (χ2v) is 4.53. The fourth-order valence-electron chi connectivity index (χ4n) is 0.335. The highest BCUT2D eigenvalue weighted by molar-refractivity contribution is 6.67. The van der Waals surface area contributed by atoms with Gasteiger partial charge in [0, 0.05) is 0 Å². The number of nitrogens with two attached hydrogens (primary N) is 1. The van der Waals surface area contributed by atoms with Gasteiger partial charge in [-0.1, -0.05) is 34.8 Å². The normalized spacial score (nSPS) is 14.1. The van der Waals surface area contributed by atoms with E-state index in [1.165, 1.54) is 0 Å². The molecule has 0 bridgehead atoms. The van der Waals surface area contributed by atoms with Gasteiger partial charge in [-0.25, -0.2) is 0 Å². The monoisotopic (exact) mass is 235 g/mol. The van der Waals surface area contributed by atoms with Crippen LogP contribution in [-0.4, -0.2) is 34.1 Å². The van der Waals surface area contributed by atoms with E-state index in [1.807, 2.05) is 0 Å². The number of carbonyl (C=O) groups excluding carboxylic acids is 1. The van der Waals surface area contributed by atoms with Crippen LogP contribution in [0.3, 0.4) is 0 Å². The first kappa shape index (κ1) is 12.3. The molecule has 72 valence electrons. The maximum absolute atomic E-state index is 10.7. The first-order valence-corrected chi connectivity index (χ1v) is 4.10. The second-order valence-electron chi connectivity index (χ2n) is 2.01. The lowest BCUT2D eigenvalue weighted by molar-refractivity contribution is -0.145. The third-order valence-corrected chi connectivity index (χ3v) is 1.20. The molecule has 0 aliphatic rings. The molecule has 1 atom stereocenters. The van der Waals surface area contributed by atoms with Crippen LogP contribution in [-0.2, 0) is 9.53 Å². The van der Waals surface area contributed by atoms with E-state index in [0.29, 0.717) is 0 Å². The maximum atomic E-state index is 10.7. The van der Waals surface area contributed by atoms with Gasteiger partial charge in [-0.05, 0) is 0 Å². The topological polar surface area (TPSA) is 72.5 Å². The van der Waals surface area contributed by atoms with Gasteiger partial charge < -0.3 is 15.6 Å². The lowest BCUT2D eigenvalue weighted by atomic mass is 10.3. The van der Waals surface area contributed by atoms with Crippen molar-refractivity contribution in [3.05, 3.63) is 0 Å². The molecule has 0 fully saturated rings. The van der Waals surface area contributed by atoms with E-state index >= 15 is 0 Å². The summed E-state index contributed by atoms with van der Waals surface area (Å²) in [5, 5.41) is 8.41. The Labute approximate surface area is 84.5 Å². The Hall–Kier alpha value is 0.260. The molecular weight excluding hydrogens is 228 g/mol. The second kappa shape index (κ2) is 5.09. The summed E-state index contributed by atoms with van der Waals surface area (Å²) >= 11 is 15.8. The van der Waals surface area contributed by atoms with Crippen molar-refractivity contribution in [3.8, 4) is 0 Å². The van der Waals surface area contributed by atoms with Crippen molar-refractivity contribution in [3.63, 3.8) is 0 Å². The number of hydrogen-bond donors (Lipinski definition) is 2. The molecule has 12 heavy (non-hydrogen) atoms. The van der Waals surface area contributed by atoms with Gasteiger partial charge in [0.15, 0.2) is 0 Å². The van der Waals surface area contributed by atoms with Gasteiger partial charge in [-0.2, -0.15) is 0 Å². The Morgan fingerprint density at radius 2 is 2.08 bits per heavy atom. The van der Waals surface area contributed by atoms with E-state index in [4.69, 9.17) is 45.6 Å². The third kappa shape index (κ3) is 5.85. The van der Waals surface area contributed by atoms with Crippen molar-refractivity contribution >= 4 is 40.8 Å². The lowest BCUT2D eigenvalue weighted by Crippen LogP contribution is -2.37. The van der Waals surface area contributed by atoms with Crippen LogP contribution in [0.5, 0.6) is 0 Å². The molecule has 0 saturated carbocycles. The van der Waals surface area contributed by atoms with E-state index in [2.05, 4.69) is 4.74 Å². The van der Waals surface area contributed by atoms with Gasteiger partial charge in [-0.15, -0.1) is 0 Å². The van der Waals surface area contributed by atoms with E-state index in [0.717, 1.165) is 0 Å². The molecule has 3 N–H and O–H groups in total. The largest absolute Gasteiger partial charge is 0.460 e. The summed E-state index contributed by atoms with van der Waals surface area (Å²) in [7, 11) is 0. The lowest BCUT2D eigenvalue weighted by Gasteiger charge is -2.13. The smallest absolute Gasteiger partial charge is 0.325 e. The average molecular weight is 236 g/mol. The van der Waals surface area contributed by atoms with Crippen molar-refractivity contribution in [2.24, 2.45) is 5.73 Å². The zero-order valence-electron chi connectivity index (χ0n) is 5.97. The third-order valence-electron chi connectivity index (χ3n) is 0.878. The number of ether oxygens (including phenoxy) is 1. The minimum absolute atomic E-state index is 0.385. The quantitative estimate of drug-likeness (QED) is 0.543. The van der Waals surface area contributed by atoms with Crippen LogP contribution in [0, 0.1) is 0 Å². The highest BCUT2D eigenvalue weighted by atomic mass is 35.6. The van der Waals surface area contributed by atoms with Crippen molar-refractivity contribution < 1.29 is 14.6 Å². The number of esters is 1. The Bertz CT molecular complexity index is 159. The molecule has 0 heterocycles. The highest BCUT2D eigenvalue weighted by Gasteiger charge is 2.24. The van der Waals surface area contributed by atoms with Crippen molar-refractivity contribution in [2.45, 2.75) is 9.83 Å². The van der Waals surface area contributed by atoms with Gasteiger partial charge in [0.05, 0.1) is 6.61 Å². The van der Waals surface area contributed by atoms with Gasteiger partial charge >= 0.3 is 5.97 Å². The van der Waals surface area contributed by atoms with Crippen LogP contribution in [0.4, 0.5) is 0 Å². The van der Waals surface area contributed by atoms with E-state index < -0.39 is 22.4 Å². The predicted octanol–water partition coefficient (Wildman–Crippen LogP) is 0.219. The highest BCUT2D eigenvalue weighted by Crippen LogP contribution is 2.25.